The highest BCUT2D eigenvalue weighted by Gasteiger charge is 2.31. The Bertz CT molecular complexity index is 215. The summed E-state index contributed by atoms with van der Waals surface area (Å²) in [6.45, 7) is 9.57. The average Bonchev–Trinajstić information content (AvgIpc) is 2.17. The van der Waals surface area contributed by atoms with Crippen LogP contribution in [0.25, 0.3) is 0 Å². The zero-order valence-corrected chi connectivity index (χ0v) is 8.38. The Hall–Kier alpha value is -0.830. The van der Waals surface area contributed by atoms with Crippen LogP contribution in [0.3, 0.4) is 0 Å². The van der Waals surface area contributed by atoms with Crippen LogP contribution < -0.4 is 0 Å². The lowest BCUT2D eigenvalue weighted by Crippen LogP contribution is -2.51. The molecule has 3 nitrogen and oxygen atoms in total. The van der Waals surface area contributed by atoms with Gasteiger partial charge in [0.05, 0.1) is 12.2 Å². The van der Waals surface area contributed by atoms with Gasteiger partial charge in [-0.2, -0.15) is 0 Å². The predicted octanol–water partition coefficient (Wildman–Crippen LogP) is 1.20. The molecule has 0 aromatic heterocycles. The van der Waals surface area contributed by atoms with Gasteiger partial charge in [-0.25, -0.2) is 0 Å². The molecule has 1 heterocycles. The fraction of sp³-hybridized carbons (Fsp3) is 0.700. The summed E-state index contributed by atoms with van der Waals surface area (Å²) in [5.74, 6) is 0.00275. The zero-order chi connectivity index (χ0) is 9.90. The van der Waals surface area contributed by atoms with Gasteiger partial charge in [-0.15, -0.1) is 0 Å². The number of carbonyl (C=O) groups is 1. The van der Waals surface area contributed by atoms with E-state index in [1.165, 1.54) is 6.08 Å². The van der Waals surface area contributed by atoms with Crippen molar-refractivity contribution in [3.63, 3.8) is 0 Å². The lowest BCUT2D eigenvalue weighted by atomic mass is 10.0. The second-order valence-electron chi connectivity index (χ2n) is 3.62. The summed E-state index contributed by atoms with van der Waals surface area (Å²) in [4.78, 5) is 13.1. The fourth-order valence-corrected chi connectivity index (χ4v) is 1.46. The molecule has 74 valence electrons. The normalized spacial score (nSPS) is 28.6. The molecule has 1 unspecified atom stereocenters. The Morgan fingerprint density at radius 3 is 3.00 bits per heavy atom. The van der Waals surface area contributed by atoms with E-state index in [9.17, 15) is 4.79 Å². The molecule has 0 bridgehead atoms. The van der Waals surface area contributed by atoms with Crippen molar-refractivity contribution in [2.24, 2.45) is 0 Å². The second kappa shape index (κ2) is 3.92. The monoisotopic (exact) mass is 183 g/mol. The van der Waals surface area contributed by atoms with Gasteiger partial charge >= 0.3 is 0 Å². The molecule has 0 aromatic rings. The van der Waals surface area contributed by atoms with Crippen molar-refractivity contribution < 1.29 is 9.53 Å². The molecule has 0 saturated carbocycles. The van der Waals surface area contributed by atoms with Crippen molar-refractivity contribution in [2.45, 2.75) is 25.9 Å². The maximum atomic E-state index is 11.3. The number of amides is 1. The van der Waals surface area contributed by atoms with Crippen LogP contribution in [-0.4, -0.2) is 36.1 Å². The number of nitrogens with zero attached hydrogens (tertiary/aromatic N) is 1. The zero-order valence-electron chi connectivity index (χ0n) is 8.38. The van der Waals surface area contributed by atoms with E-state index in [0.29, 0.717) is 19.7 Å². The molecule has 1 saturated heterocycles. The number of rotatable bonds is 2. The van der Waals surface area contributed by atoms with E-state index in [2.05, 4.69) is 13.5 Å². The first-order valence-electron chi connectivity index (χ1n) is 4.66. The lowest BCUT2D eigenvalue weighted by Gasteiger charge is -2.39. The van der Waals surface area contributed by atoms with Gasteiger partial charge in [0.15, 0.2) is 0 Å². The maximum absolute atomic E-state index is 11.3. The number of hydrogen-bond acceptors (Lipinski definition) is 2. The van der Waals surface area contributed by atoms with E-state index in [0.717, 1.165) is 6.42 Å². The summed E-state index contributed by atoms with van der Waals surface area (Å²) in [5.41, 5.74) is -0.170. The molecule has 1 atom stereocenters. The largest absolute Gasteiger partial charge is 0.372 e. The number of morpholine rings is 1. The van der Waals surface area contributed by atoms with Gasteiger partial charge in [0.2, 0.25) is 5.91 Å². The molecule has 1 aliphatic heterocycles. The summed E-state index contributed by atoms with van der Waals surface area (Å²) in [7, 11) is 0. The number of ether oxygens (including phenoxy) is 1. The molecule has 3 heteroatoms. The standard InChI is InChI=1S/C10H17NO2/c1-4-9(12)11-6-7-13-10(3,5-2)8-11/h4H,1,5-8H2,2-3H3. The maximum Gasteiger partial charge on any atom is 0.246 e. The van der Waals surface area contributed by atoms with E-state index in [-0.39, 0.29) is 11.5 Å². The molecule has 13 heavy (non-hydrogen) atoms. The fourth-order valence-electron chi connectivity index (χ4n) is 1.46. The third-order valence-electron chi connectivity index (χ3n) is 2.57. The Balaban J connectivity index is 2.61. The SMILES string of the molecule is C=CC(=O)N1CCOC(C)(CC)C1. The Labute approximate surface area is 79.4 Å². The summed E-state index contributed by atoms with van der Waals surface area (Å²) in [5, 5.41) is 0. The molecule has 0 aromatic carbocycles. The smallest absolute Gasteiger partial charge is 0.246 e. The molecule has 0 aliphatic carbocycles. The highest BCUT2D eigenvalue weighted by molar-refractivity contribution is 5.87. The van der Waals surface area contributed by atoms with Crippen LogP contribution in [0.4, 0.5) is 0 Å². The van der Waals surface area contributed by atoms with Crippen LogP contribution in [0.5, 0.6) is 0 Å². The summed E-state index contributed by atoms with van der Waals surface area (Å²) < 4.78 is 5.61. The Morgan fingerprint density at radius 1 is 1.77 bits per heavy atom. The van der Waals surface area contributed by atoms with Crippen LogP contribution in [0.2, 0.25) is 0 Å². The van der Waals surface area contributed by atoms with E-state index < -0.39 is 0 Å². The molecule has 1 amide bonds. The minimum atomic E-state index is -0.170. The van der Waals surface area contributed by atoms with Crippen LogP contribution in [0.15, 0.2) is 12.7 Å². The average molecular weight is 183 g/mol. The molecular weight excluding hydrogens is 166 g/mol. The van der Waals surface area contributed by atoms with Crippen molar-refractivity contribution in [1.82, 2.24) is 4.90 Å². The molecule has 1 fully saturated rings. The van der Waals surface area contributed by atoms with Crippen LogP contribution in [0.1, 0.15) is 20.3 Å². The second-order valence-corrected chi connectivity index (χ2v) is 3.62. The lowest BCUT2D eigenvalue weighted by molar-refractivity contribution is -0.143. The van der Waals surface area contributed by atoms with E-state index >= 15 is 0 Å². The van der Waals surface area contributed by atoms with Gasteiger partial charge in [-0.3, -0.25) is 4.79 Å². The predicted molar refractivity (Wildman–Crippen MR) is 51.4 cm³/mol. The van der Waals surface area contributed by atoms with Crippen molar-refractivity contribution in [3.8, 4) is 0 Å². The minimum Gasteiger partial charge on any atom is -0.372 e. The van der Waals surface area contributed by atoms with E-state index in [4.69, 9.17) is 4.74 Å². The summed E-state index contributed by atoms with van der Waals surface area (Å²) >= 11 is 0. The van der Waals surface area contributed by atoms with Gasteiger partial charge < -0.3 is 9.64 Å². The van der Waals surface area contributed by atoms with Gasteiger partial charge in [-0.1, -0.05) is 13.5 Å². The van der Waals surface area contributed by atoms with Crippen LogP contribution in [-0.2, 0) is 9.53 Å². The molecule has 0 spiro atoms. The van der Waals surface area contributed by atoms with Gasteiger partial charge in [0.1, 0.15) is 0 Å². The summed E-state index contributed by atoms with van der Waals surface area (Å²) in [6, 6.07) is 0. The molecular formula is C10H17NO2. The van der Waals surface area contributed by atoms with Crippen molar-refractivity contribution >= 4 is 5.91 Å². The third kappa shape index (κ3) is 2.31. The first kappa shape index (κ1) is 10.3. The van der Waals surface area contributed by atoms with Crippen LogP contribution >= 0.6 is 0 Å². The minimum absolute atomic E-state index is 0.00275. The first-order chi connectivity index (χ1) is 6.11. The van der Waals surface area contributed by atoms with Gasteiger partial charge in [0, 0.05) is 13.1 Å². The highest BCUT2D eigenvalue weighted by atomic mass is 16.5. The van der Waals surface area contributed by atoms with Crippen LogP contribution in [0, 0.1) is 0 Å². The van der Waals surface area contributed by atoms with E-state index in [1.54, 1.807) is 4.90 Å². The third-order valence-corrected chi connectivity index (χ3v) is 2.57. The molecule has 1 aliphatic rings. The van der Waals surface area contributed by atoms with Gasteiger partial charge in [0.25, 0.3) is 0 Å². The molecule has 0 radical (unpaired) electrons. The summed E-state index contributed by atoms with van der Waals surface area (Å²) in [6.07, 6.45) is 2.29. The van der Waals surface area contributed by atoms with E-state index in [1.807, 2.05) is 6.92 Å². The quantitative estimate of drug-likeness (QED) is 0.602. The van der Waals surface area contributed by atoms with Crippen molar-refractivity contribution in [3.05, 3.63) is 12.7 Å². The highest BCUT2D eigenvalue weighted by Crippen LogP contribution is 2.20. The van der Waals surface area contributed by atoms with Crippen molar-refractivity contribution in [2.75, 3.05) is 19.7 Å². The molecule has 1 rings (SSSR count). The topological polar surface area (TPSA) is 29.5 Å². The Kier molecular flexibility index (Phi) is 3.09. The first-order valence-corrected chi connectivity index (χ1v) is 4.66. The Morgan fingerprint density at radius 2 is 2.46 bits per heavy atom. The van der Waals surface area contributed by atoms with Crippen molar-refractivity contribution in [1.29, 1.82) is 0 Å². The number of hydrogen-bond donors (Lipinski definition) is 0. The number of carbonyl (C=O) groups excluding carboxylic acids is 1. The molecule has 0 N–H and O–H groups in total. The van der Waals surface area contributed by atoms with Gasteiger partial charge in [-0.05, 0) is 19.4 Å².